The average Bonchev–Trinajstić information content (AvgIpc) is 2.87. The fourth-order valence-electron chi connectivity index (χ4n) is 1.87. The van der Waals surface area contributed by atoms with Gasteiger partial charge >= 0.3 is 5.97 Å². The Morgan fingerprint density at radius 3 is 2.95 bits per heavy atom. The monoisotopic (exact) mass is 291 g/mol. The number of carboxylic acids is 1. The summed E-state index contributed by atoms with van der Waals surface area (Å²) >= 11 is 1.40. The van der Waals surface area contributed by atoms with E-state index in [-0.39, 0.29) is 0 Å². The van der Waals surface area contributed by atoms with E-state index in [1.807, 2.05) is 18.0 Å². The predicted octanol–water partition coefficient (Wildman–Crippen LogP) is 2.17. The number of rotatable bonds is 5. The number of nitrogens with zero attached hydrogens (tertiary/aromatic N) is 2. The molecule has 1 atom stereocenters. The third kappa shape index (κ3) is 3.34. The Morgan fingerprint density at radius 1 is 1.55 bits per heavy atom. The molecule has 1 aromatic heterocycles. The zero-order chi connectivity index (χ0) is 14.7. The molecule has 0 saturated heterocycles. The molecule has 0 aliphatic rings. The van der Waals surface area contributed by atoms with Crippen LogP contribution in [0, 0.1) is 6.92 Å². The Labute approximate surface area is 121 Å². The molecule has 0 bridgehead atoms. The van der Waals surface area contributed by atoms with Gasteiger partial charge in [-0.1, -0.05) is 29.8 Å². The number of aryl methyl sites for hydroxylation is 1. The zero-order valence-electron chi connectivity index (χ0n) is 11.4. The first-order valence-corrected chi connectivity index (χ1v) is 7.06. The van der Waals surface area contributed by atoms with Crippen LogP contribution in [0.3, 0.4) is 0 Å². The van der Waals surface area contributed by atoms with Crippen molar-refractivity contribution in [1.29, 1.82) is 0 Å². The summed E-state index contributed by atoms with van der Waals surface area (Å²) < 4.78 is 0. The number of hydrogen-bond donors (Lipinski definition) is 2. The molecule has 1 heterocycles. The molecule has 2 rings (SSSR count). The van der Waals surface area contributed by atoms with Crippen LogP contribution < -0.4 is 10.6 Å². The Kier molecular flexibility index (Phi) is 4.36. The quantitative estimate of drug-likeness (QED) is 0.882. The molecule has 0 radical (unpaired) electrons. The van der Waals surface area contributed by atoms with Crippen molar-refractivity contribution < 1.29 is 9.90 Å². The van der Waals surface area contributed by atoms with Crippen LogP contribution in [0.5, 0.6) is 0 Å². The number of aliphatic carboxylic acids is 1. The fourth-order valence-corrected chi connectivity index (χ4v) is 2.70. The molecule has 1 aromatic carbocycles. The molecule has 0 aliphatic carbocycles. The molecular formula is C14H17N3O2S. The topological polar surface area (TPSA) is 79.5 Å². The van der Waals surface area contributed by atoms with Gasteiger partial charge in [-0.05, 0) is 12.5 Å². The molecule has 2 aromatic rings. The van der Waals surface area contributed by atoms with Gasteiger partial charge in [-0.3, -0.25) is 4.79 Å². The molecule has 0 spiro atoms. The Morgan fingerprint density at radius 2 is 2.30 bits per heavy atom. The molecule has 0 saturated carbocycles. The summed E-state index contributed by atoms with van der Waals surface area (Å²) in [5.41, 5.74) is 8.35. The summed E-state index contributed by atoms with van der Waals surface area (Å²) in [6.07, 6.45) is 0. The Balaban J connectivity index is 2.10. The van der Waals surface area contributed by atoms with E-state index in [0.29, 0.717) is 5.69 Å². The summed E-state index contributed by atoms with van der Waals surface area (Å²) in [6.45, 7) is 2.77. The van der Waals surface area contributed by atoms with Gasteiger partial charge in [0, 0.05) is 19.0 Å². The van der Waals surface area contributed by atoms with Gasteiger partial charge < -0.3 is 15.7 Å². The van der Waals surface area contributed by atoms with Crippen LogP contribution in [0.15, 0.2) is 29.6 Å². The minimum Gasteiger partial charge on any atom is -0.480 e. The average molecular weight is 291 g/mol. The maximum atomic E-state index is 10.8. The number of carboxylic acid groups (broad SMARTS) is 1. The smallest absolute Gasteiger partial charge is 0.326 e. The molecule has 1 unspecified atom stereocenters. The van der Waals surface area contributed by atoms with Crippen molar-refractivity contribution in [3.63, 3.8) is 0 Å². The van der Waals surface area contributed by atoms with Crippen molar-refractivity contribution in [1.82, 2.24) is 4.98 Å². The second-order valence-electron chi connectivity index (χ2n) is 4.72. The van der Waals surface area contributed by atoms with E-state index in [1.54, 1.807) is 5.38 Å². The highest BCUT2D eigenvalue weighted by molar-refractivity contribution is 7.13. The molecule has 0 amide bonds. The molecular weight excluding hydrogens is 274 g/mol. The number of benzene rings is 1. The summed E-state index contributed by atoms with van der Waals surface area (Å²) in [4.78, 5) is 17.1. The lowest BCUT2D eigenvalue weighted by molar-refractivity contribution is -0.138. The minimum absolute atomic E-state index is 0.397. The maximum absolute atomic E-state index is 10.8. The number of aromatic nitrogens is 1. The van der Waals surface area contributed by atoms with Crippen LogP contribution >= 0.6 is 11.3 Å². The van der Waals surface area contributed by atoms with Crippen LogP contribution in [-0.4, -0.2) is 23.1 Å². The van der Waals surface area contributed by atoms with E-state index in [2.05, 4.69) is 30.1 Å². The van der Waals surface area contributed by atoms with Gasteiger partial charge in [0.05, 0.1) is 5.69 Å². The second-order valence-corrected chi connectivity index (χ2v) is 5.55. The van der Waals surface area contributed by atoms with E-state index >= 15 is 0 Å². The highest BCUT2D eigenvalue weighted by atomic mass is 32.1. The summed E-state index contributed by atoms with van der Waals surface area (Å²) in [6, 6.07) is 7.19. The van der Waals surface area contributed by atoms with E-state index in [4.69, 9.17) is 10.8 Å². The van der Waals surface area contributed by atoms with Crippen LogP contribution in [0.25, 0.3) is 0 Å². The van der Waals surface area contributed by atoms with E-state index in [1.165, 1.54) is 22.5 Å². The van der Waals surface area contributed by atoms with Crippen molar-refractivity contribution in [2.75, 3.05) is 11.9 Å². The molecule has 5 nitrogen and oxygen atoms in total. The van der Waals surface area contributed by atoms with Crippen molar-refractivity contribution in [3.8, 4) is 0 Å². The highest BCUT2D eigenvalue weighted by Gasteiger charge is 2.18. The van der Waals surface area contributed by atoms with Crippen molar-refractivity contribution >= 4 is 22.4 Å². The maximum Gasteiger partial charge on any atom is 0.326 e. The third-order valence-corrected chi connectivity index (χ3v) is 3.90. The van der Waals surface area contributed by atoms with Gasteiger partial charge in [0.25, 0.3) is 0 Å². The zero-order valence-corrected chi connectivity index (χ0v) is 12.2. The SMILES string of the molecule is Cc1cccc(CN(C)c2nc(C(N)C(=O)O)cs2)c1. The summed E-state index contributed by atoms with van der Waals surface area (Å²) in [5.74, 6) is -1.07. The number of hydrogen-bond acceptors (Lipinski definition) is 5. The van der Waals surface area contributed by atoms with Gasteiger partial charge in [-0.25, -0.2) is 4.98 Å². The van der Waals surface area contributed by atoms with E-state index in [9.17, 15) is 4.79 Å². The fraction of sp³-hybridized carbons (Fsp3) is 0.286. The van der Waals surface area contributed by atoms with E-state index in [0.717, 1.165) is 11.7 Å². The Bertz CT molecular complexity index is 612. The summed E-state index contributed by atoms with van der Waals surface area (Å²) in [5, 5.41) is 11.3. The van der Waals surface area contributed by atoms with Crippen LogP contribution in [0.2, 0.25) is 0 Å². The summed E-state index contributed by atoms with van der Waals surface area (Å²) in [7, 11) is 1.93. The predicted molar refractivity (Wildman–Crippen MR) is 80.0 cm³/mol. The largest absolute Gasteiger partial charge is 0.480 e. The number of anilines is 1. The molecule has 20 heavy (non-hydrogen) atoms. The lowest BCUT2D eigenvalue weighted by Gasteiger charge is -2.16. The first-order chi connectivity index (χ1) is 9.47. The van der Waals surface area contributed by atoms with Gasteiger partial charge in [-0.15, -0.1) is 11.3 Å². The standard InChI is InChI=1S/C14H17N3O2S/c1-9-4-3-5-10(6-9)7-17(2)14-16-11(8-20-14)12(15)13(18)19/h3-6,8,12H,7,15H2,1-2H3,(H,18,19). The van der Waals surface area contributed by atoms with Gasteiger partial charge in [0.2, 0.25) is 0 Å². The number of carbonyl (C=O) groups is 1. The van der Waals surface area contributed by atoms with Gasteiger partial charge in [0.1, 0.15) is 6.04 Å². The van der Waals surface area contributed by atoms with Gasteiger partial charge in [0.15, 0.2) is 5.13 Å². The Hall–Kier alpha value is -1.92. The molecule has 3 N–H and O–H groups in total. The number of thiazole rings is 1. The molecule has 106 valence electrons. The molecule has 0 fully saturated rings. The first-order valence-electron chi connectivity index (χ1n) is 6.18. The lowest BCUT2D eigenvalue weighted by Crippen LogP contribution is -2.21. The van der Waals surface area contributed by atoms with Crippen molar-refractivity contribution in [2.24, 2.45) is 5.73 Å². The van der Waals surface area contributed by atoms with Gasteiger partial charge in [-0.2, -0.15) is 0 Å². The first kappa shape index (κ1) is 14.5. The third-order valence-electron chi connectivity index (χ3n) is 2.92. The minimum atomic E-state index is -1.07. The van der Waals surface area contributed by atoms with Crippen molar-refractivity contribution in [3.05, 3.63) is 46.5 Å². The lowest BCUT2D eigenvalue weighted by atomic mass is 10.1. The number of nitrogens with two attached hydrogens (primary N) is 1. The van der Waals surface area contributed by atoms with Crippen LogP contribution in [0.1, 0.15) is 22.9 Å². The molecule has 0 aliphatic heterocycles. The second kappa shape index (κ2) is 6.02. The van der Waals surface area contributed by atoms with E-state index < -0.39 is 12.0 Å². The molecule has 6 heteroatoms. The normalized spacial score (nSPS) is 12.2. The highest BCUT2D eigenvalue weighted by Crippen LogP contribution is 2.24. The van der Waals surface area contributed by atoms with Crippen LogP contribution in [0.4, 0.5) is 5.13 Å². The van der Waals surface area contributed by atoms with Crippen molar-refractivity contribution in [2.45, 2.75) is 19.5 Å². The van der Waals surface area contributed by atoms with Crippen LogP contribution in [-0.2, 0) is 11.3 Å².